The molecule has 26 heavy (non-hydrogen) atoms. The Labute approximate surface area is 155 Å². The first kappa shape index (κ1) is 17.0. The van der Waals surface area contributed by atoms with E-state index in [4.69, 9.17) is 0 Å². The SMILES string of the molecule is O=C(NCc1cccs1)[C@@H]1C[C@@]12CCN(C(=O)Nc1cccc(F)c1)C2. The molecule has 1 saturated carbocycles. The Morgan fingerprint density at radius 1 is 1.31 bits per heavy atom. The first-order valence-corrected chi connectivity index (χ1v) is 9.55. The van der Waals surface area contributed by atoms with Crippen molar-refractivity contribution in [2.45, 2.75) is 19.4 Å². The van der Waals surface area contributed by atoms with Crippen molar-refractivity contribution in [1.29, 1.82) is 0 Å². The van der Waals surface area contributed by atoms with Crippen LogP contribution in [0.4, 0.5) is 14.9 Å². The summed E-state index contributed by atoms with van der Waals surface area (Å²) >= 11 is 1.62. The summed E-state index contributed by atoms with van der Waals surface area (Å²) in [5, 5.41) is 7.72. The van der Waals surface area contributed by atoms with Gasteiger partial charge in [0.05, 0.1) is 6.54 Å². The van der Waals surface area contributed by atoms with Crippen LogP contribution in [-0.2, 0) is 11.3 Å². The van der Waals surface area contributed by atoms with Crippen molar-refractivity contribution in [2.24, 2.45) is 11.3 Å². The van der Waals surface area contributed by atoms with Crippen LogP contribution in [0.15, 0.2) is 41.8 Å². The summed E-state index contributed by atoms with van der Waals surface area (Å²) in [4.78, 5) is 27.6. The smallest absolute Gasteiger partial charge is 0.321 e. The summed E-state index contributed by atoms with van der Waals surface area (Å²) in [6, 6.07) is 9.58. The van der Waals surface area contributed by atoms with Crippen LogP contribution in [0.1, 0.15) is 17.7 Å². The topological polar surface area (TPSA) is 61.4 Å². The molecule has 2 aliphatic rings. The van der Waals surface area contributed by atoms with E-state index in [9.17, 15) is 14.0 Å². The molecule has 3 amide bonds. The third-order valence-corrected chi connectivity index (χ3v) is 6.15. The first-order valence-electron chi connectivity index (χ1n) is 8.67. The molecule has 1 aromatic carbocycles. The predicted octanol–water partition coefficient (Wildman–Crippen LogP) is 3.45. The summed E-state index contributed by atoms with van der Waals surface area (Å²) in [5.74, 6) is -0.328. The molecule has 4 rings (SSSR count). The van der Waals surface area contributed by atoms with E-state index in [1.165, 1.54) is 12.1 Å². The van der Waals surface area contributed by atoms with Crippen LogP contribution < -0.4 is 10.6 Å². The van der Waals surface area contributed by atoms with E-state index in [0.29, 0.717) is 25.3 Å². The Bertz CT molecular complexity index is 826. The molecule has 7 heteroatoms. The quantitative estimate of drug-likeness (QED) is 0.862. The highest BCUT2D eigenvalue weighted by Gasteiger charge is 2.61. The molecule has 0 radical (unpaired) electrons. The number of anilines is 1. The Balaban J connectivity index is 1.29. The zero-order valence-corrected chi connectivity index (χ0v) is 15.0. The lowest BCUT2D eigenvalue weighted by Gasteiger charge is -2.17. The van der Waals surface area contributed by atoms with Crippen LogP contribution in [0.25, 0.3) is 0 Å². The van der Waals surface area contributed by atoms with Gasteiger partial charge in [-0.25, -0.2) is 9.18 Å². The third kappa shape index (κ3) is 3.44. The molecule has 1 aliphatic heterocycles. The minimum absolute atomic E-state index is 0.0190. The number of likely N-dealkylation sites (tertiary alicyclic amines) is 1. The molecule has 0 unspecified atom stereocenters. The maximum absolute atomic E-state index is 13.2. The van der Waals surface area contributed by atoms with Gasteiger partial charge >= 0.3 is 6.03 Å². The minimum Gasteiger partial charge on any atom is -0.351 e. The number of carbonyl (C=O) groups excluding carboxylic acids is 2. The van der Waals surface area contributed by atoms with Crippen molar-refractivity contribution in [3.05, 3.63) is 52.5 Å². The summed E-state index contributed by atoms with van der Waals surface area (Å²) in [6.07, 6.45) is 1.66. The Morgan fingerprint density at radius 3 is 2.96 bits per heavy atom. The average molecular weight is 373 g/mol. The molecule has 2 aromatic rings. The highest BCUT2D eigenvalue weighted by atomic mass is 32.1. The van der Waals surface area contributed by atoms with Gasteiger partial charge in [-0.1, -0.05) is 12.1 Å². The van der Waals surface area contributed by atoms with Crippen LogP contribution in [0.5, 0.6) is 0 Å². The highest BCUT2D eigenvalue weighted by molar-refractivity contribution is 7.09. The van der Waals surface area contributed by atoms with E-state index in [0.717, 1.165) is 17.7 Å². The number of thiophene rings is 1. The molecule has 1 aliphatic carbocycles. The second kappa shape index (κ2) is 6.72. The summed E-state index contributed by atoms with van der Waals surface area (Å²) in [6.45, 7) is 1.76. The Hall–Kier alpha value is -2.41. The van der Waals surface area contributed by atoms with Crippen molar-refractivity contribution >= 4 is 29.0 Å². The van der Waals surface area contributed by atoms with Crippen molar-refractivity contribution in [3.63, 3.8) is 0 Å². The van der Waals surface area contributed by atoms with Crippen LogP contribution in [0.2, 0.25) is 0 Å². The van der Waals surface area contributed by atoms with Gasteiger partial charge in [0.1, 0.15) is 5.82 Å². The highest BCUT2D eigenvalue weighted by Crippen LogP contribution is 2.58. The fourth-order valence-corrected chi connectivity index (χ4v) is 4.36. The van der Waals surface area contributed by atoms with Gasteiger partial charge in [-0.3, -0.25) is 4.79 Å². The van der Waals surface area contributed by atoms with Gasteiger partial charge in [-0.2, -0.15) is 0 Å². The fourth-order valence-electron chi connectivity index (χ4n) is 3.72. The zero-order chi connectivity index (χ0) is 18.1. The van der Waals surface area contributed by atoms with Crippen LogP contribution in [-0.4, -0.2) is 29.9 Å². The number of amides is 3. The number of hydrogen-bond acceptors (Lipinski definition) is 3. The summed E-state index contributed by atoms with van der Waals surface area (Å²) in [7, 11) is 0. The molecule has 2 fully saturated rings. The molecule has 5 nitrogen and oxygen atoms in total. The van der Waals surface area contributed by atoms with Gasteiger partial charge < -0.3 is 15.5 Å². The van der Waals surface area contributed by atoms with Crippen molar-refractivity contribution < 1.29 is 14.0 Å². The summed E-state index contributed by atoms with van der Waals surface area (Å²) in [5.41, 5.74) is 0.357. The van der Waals surface area contributed by atoms with Crippen LogP contribution in [0.3, 0.4) is 0 Å². The molecular formula is C19H20FN3O2S. The molecule has 1 aromatic heterocycles. The van der Waals surface area contributed by atoms with E-state index in [-0.39, 0.29) is 29.1 Å². The molecule has 2 heterocycles. The van der Waals surface area contributed by atoms with E-state index < -0.39 is 0 Å². The molecule has 2 N–H and O–H groups in total. The van der Waals surface area contributed by atoms with Crippen molar-refractivity contribution in [1.82, 2.24) is 10.2 Å². The molecule has 0 bridgehead atoms. The lowest BCUT2D eigenvalue weighted by atomic mass is 10.0. The third-order valence-electron chi connectivity index (χ3n) is 5.27. The minimum atomic E-state index is -0.384. The molecule has 2 atom stereocenters. The monoisotopic (exact) mass is 373 g/mol. The number of carbonyl (C=O) groups is 2. The first-order chi connectivity index (χ1) is 12.6. The lowest BCUT2D eigenvalue weighted by Crippen LogP contribution is -2.34. The molecule has 136 valence electrons. The average Bonchev–Trinajstić information content (AvgIpc) is 2.97. The molecule has 1 spiro atoms. The number of benzene rings is 1. The van der Waals surface area contributed by atoms with Gasteiger partial charge in [0.15, 0.2) is 0 Å². The van der Waals surface area contributed by atoms with Gasteiger partial charge in [0.25, 0.3) is 0 Å². The molecular weight excluding hydrogens is 353 g/mol. The Kier molecular flexibility index (Phi) is 4.40. The number of nitrogens with one attached hydrogen (secondary N) is 2. The number of hydrogen-bond donors (Lipinski definition) is 2. The van der Waals surface area contributed by atoms with Gasteiger partial charge in [0.2, 0.25) is 5.91 Å². The van der Waals surface area contributed by atoms with Gasteiger partial charge in [-0.15, -0.1) is 11.3 Å². The molecule has 1 saturated heterocycles. The van der Waals surface area contributed by atoms with Crippen molar-refractivity contribution in [3.8, 4) is 0 Å². The maximum atomic E-state index is 13.2. The lowest BCUT2D eigenvalue weighted by molar-refractivity contribution is -0.123. The largest absolute Gasteiger partial charge is 0.351 e. The fraction of sp³-hybridized carbons (Fsp3) is 0.368. The van der Waals surface area contributed by atoms with Crippen LogP contribution in [0, 0.1) is 17.2 Å². The van der Waals surface area contributed by atoms with E-state index in [1.54, 1.807) is 28.4 Å². The predicted molar refractivity (Wildman–Crippen MR) is 98.3 cm³/mol. The van der Waals surface area contributed by atoms with Gasteiger partial charge in [0, 0.05) is 35.0 Å². The normalized spacial score (nSPS) is 23.9. The second-order valence-electron chi connectivity index (χ2n) is 7.03. The number of nitrogens with zero attached hydrogens (tertiary/aromatic N) is 1. The number of halogens is 1. The summed E-state index contributed by atoms with van der Waals surface area (Å²) < 4.78 is 13.2. The van der Waals surface area contributed by atoms with E-state index in [1.807, 2.05) is 17.5 Å². The zero-order valence-electron chi connectivity index (χ0n) is 14.2. The maximum Gasteiger partial charge on any atom is 0.321 e. The van der Waals surface area contributed by atoms with E-state index in [2.05, 4.69) is 10.6 Å². The number of rotatable bonds is 4. The van der Waals surface area contributed by atoms with E-state index >= 15 is 0 Å². The standard InChI is InChI=1S/C19H20FN3O2S/c20-13-3-1-4-14(9-13)22-18(25)23-7-6-19(12-23)10-16(19)17(24)21-11-15-5-2-8-26-15/h1-5,8-9,16H,6-7,10-12H2,(H,21,24)(H,22,25)/t16-,19+/m0/s1. The Morgan fingerprint density at radius 2 is 2.19 bits per heavy atom. The number of urea groups is 1. The van der Waals surface area contributed by atoms with Crippen molar-refractivity contribution in [2.75, 3.05) is 18.4 Å². The second-order valence-corrected chi connectivity index (χ2v) is 8.06. The van der Waals surface area contributed by atoms with Crippen LogP contribution >= 0.6 is 11.3 Å². The van der Waals surface area contributed by atoms with Gasteiger partial charge in [-0.05, 0) is 42.5 Å².